The van der Waals surface area contributed by atoms with Crippen LogP contribution in [0.3, 0.4) is 0 Å². The number of rotatable bonds is 9. The average Bonchev–Trinajstić information content (AvgIpc) is 3.18. The molecule has 0 saturated carbocycles. The molecule has 0 unspecified atom stereocenters. The lowest BCUT2D eigenvalue weighted by Crippen LogP contribution is -2.38. The quantitative estimate of drug-likeness (QED) is 0.344. The van der Waals surface area contributed by atoms with E-state index < -0.39 is 15.9 Å². The zero-order valence-electron chi connectivity index (χ0n) is 18.4. The first-order chi connectivity index (χ1) is 15.1. The SMILES string of the molecule is Cc1ccc(S(=O)(=O)N(CC(=O)Nc2nnc(SCC(C)C)s2)c2cccc(C)c2)cc1. The molecular weight excluding hydrogens is 464 g/mol. The minimum Gasteiger partial charge on any atom is -0.299 e. The van der Waals surface area contributed by atoms with E-state index in [1.807, 2.05) is 19.9 Å². The number of nitrogens with zero attached hydrogens (tertiary/aromatic N) is 3. The number of aryl methyl sites for hydroxylation is 2. The molecule has 1 aromatic heterocycles. The molecule has 2 aromatic carbocycles. The van der Waals surface area contributed by atoms with Crippen LogP contribution < -0.4 is 9.62 Å². The number of carbonyl (C=O) groups excluding carboxylic acids is 1. The molecule has 1 N–H and O–H groups in total. The standard InChI is InChI=1S/C22H26N4O3S3/c1-15(2)14-30-22-25-24-21(31-22)23-20(27)13-26(18-7-5-6-17(4)12-18)32(28,29)19-10-8-16(3)9-11-19/h5-12,15H,13-14H2,1-4H3,(H,23,24,27). The maximum absolute atomic E-state index is 13.4. The molecule has 0 spiro atoms. The van der Waals surface area contributed by atoms with Crippen molar-refractivity contribution in [3.8, 4) is 0 Å². The van der Waals surface area contributed by atoms with Crippen LogP contribution in [0, 0.1) is 19.8 Å². The van der Waals surface area contributed by atoms with Crippen molar-refractivity contribution in [3.63, 3.8) is 0 Å². The number of thioether (sulfide) groups is 1. The third kappa shape index (κ3) is 6.30. The van der Waals surface area contributed by atoms with Gasteiger partial charge in [0.25, 0.3) is 10.0 Å². The van der Waals surface area contributed by atoms with Crippen LogP contribution >= 0.6 is 23.1 Å². The Kier molecular flexibility index (Phi) is 7.91. The maximum atomic E-state index is 13.4. The minimum absolute atomic E-state index is 0.126. The molecular formula is C22H26N4O3S3. The Bertz CT molecular complexity index is 1180. The highest BCUT2D eigenvalue weighted by atomic mass is 32.2. The first-order valence-electron chi connectivity index (χ1n) is 10.1. The summed E-state index contributed by atoms with van der Waals surface area (Å²) in [4.78, 5) is 12.9. The highest BCUT2D eigenvalue weighted by Crippen LogP contribution is 2.28. The number of nitrogens with one attached hydrogen (secondary N) is 1. The fraction of sp³-hybridized carbons (Fsp3) is 0.318. The molecule has 1 heterocycles. The van der Waals surface area contributed by atoms with Crippen LogP contribution in [0.1, 0.15) is 25.0 Å². The van der Waals surface area contributed by atoms with Crippen LogP contribution in [0.5, 0.6) is 0 Å². The Hall–Kier alpha value is -2.43. The summed E-state index contributed by atoms with van der Waals surface area (Å²) >= 11 is 2.85. The Morgan fingerprint density at radius 2 is 1.81 bits per heavy atom. The van der Waals surface area contributed by atoms with E-state index in [1.165, 1.54) is 11.3 Å². The van der Waals surface area contributed by atoms with E-state index in [-0.39, 0.29) is 11.4 Å². The van der Waals surface area contributed by atoms with Gasteiger partial charge in [0.05, 0.1) is 10.6 Å². The molecule has 32 heavy (non-hydrogen) atoms. The van der Waals surface area contributed by atoms with Gasteiger partial charge < -0.3 is 0 Å². The summed E-state index contributed by atoms with van der Waals surface area (Å²) < 4.78 is 28.7. The lowest BCUT2D eigenvalue weighted by Gasteiger charge is -2.24. The molecule has 0 saturated heterocycles. The van der Waals surface area contributed by atoms with Gasteiger partial charge in [-0.1, -0.05) is 66.8 Å². The Morgan fingerprint density at radius 3 is 2.47 bits per heavy atom. The molecule has 0 bridgehead atoms. The van der Waals surface area contributed by atoms with E-state index in [4.69, 9.17) is 0 Å². The topological polar surface area (TPSA) is 92.3 Å². The van der Waals surface area contributed by atoms with E-state index in [9.17, 15) is 13.2 Å². The van der Waals surface area contributed by atoms with E-state index in [1.54, 1.807) is 54.2 Å². The molecule has 1 amide bonds. The smallest absolute Gasteiger partial charge is 0.264 e. The number of sulfonamides is 1. The van der Waals surface area contributed by atoms with Crippen LogP contribution in [0.25, 0.3) is 0 Å². The van der Waals surface area contributed by atoms with Crippen molar-refractivity contribution in [2.45, 2.75) is 36.9 Å². The summed E-state index contributed by atoms with van der Waals surface area (Å²) in [7, 11) is -3.95. The van der Waals surface area contributed by atoms with Gasteiger partial charge in [0.2, 0.25) is 11.0 Å². The van der Waals surface area contributed by atoms with Crippen LogP contribution in [0.15, 0.2) is 57.8 Å². The van der Waals surface area contributed by atoms with Crippen LogP contribution in [-0.2, 0) is 14.8 Å². The van der Waals surface area contributed by atoms with Gasteiger partial charge in [-0.2, -0.15) is 0 Å². The summed E-state index contributed by atoms with van der Waals surface area (Å²) in [6.45, 7) is 7.61. The molecule has 3 rings (SSSR count). The van der Waals surface area contributed by atoms with E-state index in [0.29, 0.717) is 16.7 Å². The van der Waals surface area contributed by atoms with Gasteiger partial charge in [-0.05, 0) is 49.6 Å². The van der Waals surface area contributed by atoms with Crippen LogP contribution in [0.4, 0.5) is 10.8 Å². The first-order valence-corrected chi connectivity index (χ1v) is 13.3. The fourth-order valence-electron chi connectivity index (χ4n) is 2.78. The second-order valence-electron chi connectivity index (χ2n) is 7.79. The highest BCUT2D eigenvalue weighted by molar-refractivity contribution is 8.01. The summed E-state index contributed by atoms with van der Waals surface area (Å²) in [5, 5.41) is 11.1. The van der Waals surface area contributed by atoms with Crippen molar-refractivity contribution < 1.29 is 13.2 Å². The Labute approximate surface area is 197 Å². The second kappa shape index (κ2) is 10.5. The van der Waals surface area contributed by atoms with Gasteiger partial charge in [0, 0.05) is 5.75 Å². The molecule has 7 nitrogen and oxygen atoms in total. The van der Waals surface area contributed by atoms with Gasteiger partial charge >= 0.3 is 0 Å². The van der Waals surface area contributed by atoms with Crippen LogP contribution in [0.2, 0.25) is 0 Å². The van der Waals surface area contributed by atoms with Gasteiger partial charge in [0.15, 0.2) is 4.34 Å². The molecule has 3 aromatic rings. The number of amides is 1. The lowest BCUT2D eigenvalue weighted by atomic mass is 10.2. The number of benzene rings is 2. The summed E-state index contributed by atoms with van der Waals surface area (Å²) in [6.07, 6.45) is 0. The molecule has 0 fully saturated rings. The third-order valence-corrected chi connectivity index (χ3v) is 8.57. The molecule has 10 heteroatoms. The van der Waals surface area contributed by atoms with Crippen molar-refractivity contribution in [3.05, 3.63) is 59.7 Å². The average molecular weight is 491 g/mol. The molecule has 0 aliphatic rings. The van der Waals surface area contributed by atoms with Gasteiger partial charge in [-0.25, -0.2) is 8.42 Å². The van der Waals surface area contributed by atoms with Crippen molar-refractivity contribution in [2.75, 3.05) is 21.9 Å². The molecule has 0 aliphatic carbocycles. The predicted molar refractivity (Wildman–Crippen MR) is 131 cm³/mol. The maximum Gasteiger partial charge on any atom is 0.264 e. The van der Waals surface area contributed by atoms with E-state index in [2.05, 4.69) is 29.4 Å². The number of hydrogen-bond acceptors (Lipinski definition) is 7. The van der Waals surface area contributed by atoms with Crippen LogP contribution in [-0.4, -0.2) is 36.8 Å². The minimum atomic E-state index is -3.95. The molecule has 0 atom stereocenters. The fourth-order valence-corrected chi connectivity index (χ4v) is 5.94. The predicted octanol–water partition coefficient (Wildman–Crippen LogP) is 4.74. The number of hydrogen-bond donors (Lipinski definition) is 1. The summed E-state index contributed by atoms with van der Waals surface area (Å²) in [5.41, 5.74) is 2.26. The largest absolute Gasteiger partial charge is 0.299 e. The van der Waals surface area contributed by atoms with Crippen molar-refractivity contribution in [1.29, 1.82) is 0 Å². The summed E-state index contributed by atoms with van der Waals surface area (Å²) in [6, 6.07) is 13.6. The van der Waals surface area contributed by atoms with Crippen molar-refractivity contribution in [2.24, 2.45) is 5.92 Å². The molecule has 170 valence electrons. The Morgan fingerprint density at radius 1 is 1.09 bits per heavy atom. The van der Waals surface area contributed by atoms with Gasteiger partial charge in [-0.15, -0.1) is 10.2 Å². The summed E-state index contributed by atoms with van der Waals surface area (Å²) in [5.74, 6) is 0.925. The zero-order chi connectivity index (χ0) is 23.3. The first kappa shape index (κ1) is 24.2. The zero-order valence-corrected chi connectivity index (χ0v) is 20.9. The highest BCUT2D eigenvalue weighted by Gasteiger charge is 2.27. The number of carbonyl (C=O) groups is 1. The van der Waals surface area contributed by atoms with Gasteiger partial charge in [0.1, 0.15) is 6.54 Å². The van der Waals surface area contributed by atoms with E-state index in [0.717, 1.165) is 25.5 Å². The third-order valence-electron chi connectivity index (χ3n) is 4.38. The lowest BCUT2D eigenvalue weighted by molar-refractivity contribution is -0.114. The molecule has 0 aliphatic heterocycles. The Balaban J connectivity index is 1.83. The van der Waals surface area contributed by atoms with E-state index >= 15 is 0 Å². The number of aromatic nitrogens is 2. The molecule has 0 radical (unpaired) electrons. The van der Waals surface area contributed by atoms with Crippen molar-refractivity contribution in [1.82, 2.24) is 10.2 Å². The van der Waals surface area contributed by atoms with Crippen molar-refractivity contribution >= 4 is 49.8 Å². The second-order valence-corrected chi connectivity index (χ2v) is 11.9. The normalized spacial score (nSPS) is 11.5. The number of anilines is 2. The van der Waals surface area contributed by atoms with Gasteiger partial charge in [-0.3, -0.25) is 14.4 Å². The monoisotopic (exact) mass is 490 g/mol.